The first-order valence-electron chi connectivity index (χ1n) is 8.67. The molecule has 0 amide bonds. The fourth-order valence-corrected chi connectivity index (χ4v) is 3.93. The normalized spacial score (nSPS) is 11.6. The van der Waals surface area contributed by atoms with Crippen LogP contribution in [0.1, 0.15) is 64.3 Å². The van der Waals surface area contributed by atoms with Crippen molar-refractivity contribution in [2.75, 3.05) is 0 Å². The van der Waals surface area contributed by atoms with Crippen LogP contribution in [-0.2, 0) is 0 Å². The van der Waals surface area contributed by atoms with Crippen LogP contribution in [0.5, 0.6) is 11.5 Å². The van der Waals surface area contributed by atoms with Crippen molar-refractivity contribution >= 4 is 0 Å². The predicted octanol–water partition coefficient (Wildman–Crippen LogP) is 5.74. The van der Waals surface area contributed by atoms with Gasteiger partial charge in [0.15, 0.2) is 0 Å². The highest BCUT2D eigenvalue weighted by atomic mass is 16.3. The lowest BCUT2D eigenvalue weighted by Gasteiger charge is -2.30. The molecule has 2 N–H and O–H groups in total. The molecule has 0 unspecified atom stereocenters. The van der Waals surface area contributed by atoms with Crippen molar-refractivity contribution in [1.82, 2.24) is 0 Å². The molecule has 0 saturated carbocycles. The number of phenols is 2. The quantitative estimate of drug-likeness (QED) is 0.755. The largest absolute Gasteiger partial charge is 0.508 e. The SMILES string of the molecule is Cc1cc(O)c(C)c(C)c1C(c1c(C)cc(O)c(C)c1C)C(C)C. The zero-order valence-electron chi connectivity index (χ0n) is 16.2. The molecule has 2 rings (SSSR count). The van der Waals surface area contributed by atoms with Crippen molar-refractivity contribution in [2.24, 2.45) is 5.92 Å². The van der Waals surface area contributed by atoms with Crippen LogP contribution in [0, 0.1) is 47.5 Å². The van der Waals surface area contributed by atoms with E-state index in [2.05, 4.69) is 41.5 Å². The summed E-state index contributed by atoms with van der Waals surface area (Å²) < 4.78 is 0. The van der Waals surface area contributed by atoms with Crippen molar-refractivity contribution in [1.29, 1.82) is 0 Å². The minimum Gasteiger partial charge on any atom is -0.508 e. The number of phenolic OH excluding ortho intramolecular Hbond substituents is 2. The molecule has 0 aliphatic carbocycles. The van der Waals surface area contributed by atoms with E-state index in [1.54, 1.807) is 0 Å². The van der Waals surface area contributed by atoms with Crippen LogP contribution >= 0.6 is 0 Å². The lowest BCUT2D eigenvalue weighted by atomic mass is 9.74. The Balaban J connectivity index is 2.84. The fraction of sp³-hybridized carbons (Fsp3) is 0.455. The molecule has 2 heteroatoms. The summed E-state index contributed by atoms with van der Waals surface area (Å²) in [7, 11) is 0. The fourth-order valence-electron chi connectivity index (χ4n) is 3.93. The summed E-state index contributed by atoms with van der Waals surface area (Å²) in [4.78, 5) is 0. The Morgan fingerprint density at radius 1 is 0.625 bits per heavy atom. The van der Waals surface area contributed by atoms with Gasteiger partial charge in [-0.1, -0.05) is 13.8 Å². The van der Waals surface area contributed by atoms with E-state index >= 15 is 0 Å². The van der Waals surface area contributed by atoms with E-state index in [1.807, 2.05) is 26.0 Å². The number of rotatable bonds is 3. The van der Waals surface area contributed by atoms with Crippen molar-refractivity contribution < 1.29 is 10.2 Å². The first kappa shape index (κ1) is 18.4. The molecule has 2 nitrogen and oxygen atoms in total. The minimum absolute atomic E-state index is 0.239. The van der Waals surface area contributed by atoms with Gasteiger partial charge in [-0.3, -0.25) is 0 Å². The molecule has 0 aliphatic heterocycles. The van der Waals surface area contributed by atoms with Gasteiger partial charge in [0.05, 0.1) is 0 Å². The maximum absolute atomic E-state index is 10.2. The van der Waals surface area contributed by atoms with Crippen LogP contribution in [0.4, 0.5) is 0 Å². The molecule has 0 aromatic heterocycles. The lowest BCUT2D eigenvalue weighted by Crippen LogP contribution is -2.16. The Kier molecular flexibility index (Phi) is 4.98. The predicted molar refractivity (Wildman–Crippen MR) is 101 cm³/mol. The third-order valence-electron chi connectivity index (χ3n) is 5.55. The molecule has 0 fully saturated rings. The van der Waals surface area contributed by atoms with Crippen molar-refractivity contribution in [2.45, 2.75) is 61.3 Å². The van der Waals surface area contributed by atoms with Gasteiger partial charge in [-0.2, -0.15) is 0 Å². The average molecular weight is 326 g/mol. The van der Waals surface area contributed by atoms with Gasteiger partial charge in [-0.05, 0) is 104 Å². The van der Waals surface area contributed by atoms with Crippen molar-refractivity contribution in [3.8, 4) is 11.5 Å². The molecule has 0 spiro atoms. The van der Waals surface area contributed by atoms with Gasteiger partial charge in [-0.15, -0.1) is 0 Å². The topological polar surface area (TPSA) is 40.5 Å². The van der Waals surface area contributed by atoms with Crippen molar-refractivity contribution in [3.63, 3.8) is 0 Å². The standard InChI is InChI=1S/C22H30O2/c1-11(2)20(21-12(3)9-18(23)14(5)16(21)7)22-13(4)10-19(24)15(6)17(22)8/h9-11,20,23-24H,1-8H3. The summed E-state index contributed by atoms with van der Waals surface area (Å²) >= 11 is 0. The number of benzene rings is 2. The Hall–Kier alpha value is -1.96. The van der Waals surface area contributed by atoms with E-state index in [-0.39, 0.29) is 5.92 Å². The Morgan fingerprint density at radius 2 is 0.958 bits per heavy atom. The van der Waals surface area contributed by atoms with Crippen LogP contribution in [-0.4, -0.2) is 10.2 Å². The van der Waals surface area contributed by atoms with Gasteiger partial charge in [0, 0.05) is 5.92 Å². The molecule has 0 atom stereocenters. The minimum atomic E-state index is 0.239. The molecule has 0 saturated heterocycles. The van der Waals surface area contributed by atoms with Crippen LogP contribution < -0.4 is 0 Å². The first-order valence-corrected chi connectivity index (χ1v) is 8.67. The van der Waals surface area contributed by atoms with Crippen LogP contribution in [0.15, 0.2) is 12.1 Å². The number of aryl methyl sites for hydroxylation is 2. The zero-order chi connectivity index (χ0) is 18.3. The summed E-state index contributed by atoms with van der Waals surface area (Å²) in [6.07, 6.45) is 0. The maximum Gasteiger partial charge on any atom is 0.119 e. The van der Waals surface area contributed by atoms with E-state index in [4.69, 9.17) is 0 Å². The summed E-state index contributed by atoms with van der Waals surface area (Å²) in [5.41, 5.74) is 9.08. The Labute approximate surface area is 146 Å². The Morgan fingerprint density at radius 3 is 1.25 bits per heavy atom. The van der Waals surface area contributed by atoms with E-state index < -0.39 is 0 Å². The third kappa shape index (κ3) is 2.90. The smallest absolute Gasteiger partial charge is 0.119 e. The molecule has 130 valence electrons. The second-order valence-electron chi connectivity index (χ2n) is 7.47. The number of hydrogen-bond donors (Lipinski definition) is 2. The Bertz CT molecular complexity index is 722. The highest BCUT2D eigenvalue weighted by molar-refractivity contribution is 5.56. The molecular weight excluding hydrogens is 296 g/mol. The zero-order valence-corrected chi connectivity index (χ0v) is 16.2. The van der Waals surface area contributed by atoms with Crippen LogP contribution in [0.2, 0.25) is 0 Å². The molecule has 0 radical (unpaired) electrons. The molecule has 2 aromatic carbocycles. The number of aromatic hydroxyl groups is 2. The van der Waals surface area contributed by atoms with E-state index in [0.29, 0.717) is 17.4 Å². The van der Waals surface area contributed by atoms with Gasteiger partial charge in [0.25, 0.3) is 0 Å². The summed E-state index contributed by atoms with van der Waals surface area (Å²) in [5, 5.41) is 20.3. The first-order chi connectivity index (χ1) is 11.1. The van der Waals surface area contributed by atoms with E-state index in [9.17, 15) is 10.2 Å². The van der Waals surface area contributed by atoms with E-state index in [0.717, 1.165) is 33.4 Å². The van der Waals surface area contributed by atoms with Crippen molar-refractivity contribution in [3.05, 3.63) is 56.6 Å². The van der Waals surface area contributed by atoms with Gasteiger partial charge in [0.1, 0.15) is 11.5 Å². The van der Waals surface area contributed by atoms with Gasteiger partial charge < -0.3 is 10.2 Å². The number of hydrogen-bond acceptors (Lipinski definition) is 2. The second-order valence-corrected chi connectivity index (χ2v) is 7.47. The molecule has 2 aromatic rings. The van der Waals surface area contributed by atoms with Gasteiger partial charge >= 0.3 is 0 Å². The summed E-state index contributed by atoms with van der Waals surface area (Å²) in [5.74, 6) is 1.38. The van der Waals surface area contributed by atoms with E-state index in [1.165, 1.54) is 11.1 Å². The molecule has 24 heavy (non-hydrogen) atoms. The second kappa shape index (κ2) is 6.51. The average Bonchev–Trinajstić information content (AvgIpc) is 2.48. The van der Waals surface area contributed by atoms with Crippen LogP contribution in [0.3, 0.4) is 0 Å². The summed E-state index contributed by atoms with van der Waals surface area (Å²) in [6.45, 7) is 16.8. The lowest BCUT2D eigenvalue weighted by molar-refractivity contribution is 0.467. The maximum atomic E-state index is 10.2. The molecular formula is C22H30O2. The summed E-state index contributed by atoms with van der Waals surface area (Å²) in [6, 6.07) is 3.76. The molecule has 0 heterocycles. The monoisotopic (exact) mass is 326 g/mol. The highest BCUT2D eigenvalue weighted by Gasteiger charge is 2.27. The third-order valence-corrected chi connectivity index (χ3v) is 5.55. The van der Waals surface area contributed by atoms with Crippen LogP contribution in [0.25, 0.3) is 0 Å². The van der Waals surface area contributed by atoms with Gasteiger partial charge in [0.2, 0.25) is 0 Å². The van der Waals surface area contributed by atoms with Gasteiger partial charge in [-0.25, -0.2) is 0 Å². The molecule has 0 aliphatic rings. The highest BCUT2D eigenvalue weighted by Crippen LogP contribution is 2.43. The molecule has 0 bridgehead atoms.